The quantitative estimate of drug-likeness (QED) is 0.249. The maximum absolute atomic E-state index is 12.2. The summed E-state index contributed by atoms with van der Waals surface area (Å²) >= 11 is 0. The molecule has 2 aliphatic heterocycles. The topological polar surface area (TPSA) is 157 Å². The van der Waals surface area contributed by atoms with Gasteiger partial charge in [-0.2, -0.15) is 0 Å². The molecule has 5 N–H and O–H groups in total. The molecule has 0 radical (unpaired) electrons. The Balaban J connectivity index is 1.54. The van der Waals surface area contributed by atoms with Crippen LogP contribution in [0.3, 0.4) is 0 Å². The molecule has 252 valence electrons. The van der Waals surface area contributed by atoms with Gasteiger partial charge in [-0.3, -0.25) is 0 Å². The molecule has 0 aromatic heterocycles. The van der Waals surface area contributed by atoms with Crippen molar-refractivity contribution in [3.05, 3.63) is 22.8 Å². The molecule has 0 amide bonds. The van der Waals surface area contributed by atoms with Crippen molar-refractivity contribution < 1.29 is 54.0 Å². The minimum atomic E-state index is -1.33. The van der Waals surface area contributed by atoms with Crippen molar-refractivity contribution in [1.82, 2.24) is 0 Å². The van der Waals surface area contributed by atoms with Crippen molar-refractivity contribution in [2.24, 2.45) is 23.2 Å². The van der Waals surface area contributed by atoms with Crippen LogP contribution in [0.25, 0.3) is 0 Å². The number of fused-ring (bicyclic) bond motifs is 3. The first-order valence-corrected chi connectivity index (χ1v) is 16.2. The minimum Gasteiger partial charge on any atom is -0.393 e. The summed E-state index contributed by atoms with van der Waals surface area (Å²) in [6, 6.07) is 0. The lowest BCUT2D eigenvalue weighted by molar-refractivity contribution is -0.330. The molecular weight excluding hydrogens is 572 g/mol. The van der Waals surface area contributed by atoms with Gasteiger partial charge in [0.05, 0.1) is 32.5 Å². The Kier molecular flexibility index (Phi) is 10.1. The molecule has 11 heteroatoms. The van der Waals surface area contributed by atoms with Crippen LogP contribution >= 0.6 is 0 Å². The van der Waals surface area contributed by atoms with E-state index in [0.717, 1.165) is 24.0 Å². The largest absolute Gasteiger partial charge is 0.393 e. The molecule has 3 fully saturated rings. The molecule has 0 spiro atoms. The molecule has 0 bridgehead atoms. The van der Waals surface area contributed by atoms with Crippen LogP contribution in [0.4, 0.5) is 0 Å². The smallest absolute Gasteiger partial charge is 0.187 e. The Bertz CT molecular complexity index is 1090. The van der Waals surface area contributed by atoms with Crippen LogP contribution in [0, 0.1) is 23.2 Å². The Hall–Kier alpha value is -0.960. The van der Waals surface area contributed by atoms with Gasteiger partial charge in [-0.05, 0) is 61.5 Å². The number of hydrogen-bond acceptors (Lipinski definition) is 11. The van der Waals surface area contributed by atoms with E-state index in [-0.39, 0.29) is 37.6 Å². The average molecular weight is 627 g/mol. The van der Waals surface area contributed by atoms with Crippen molar-refractivity contribution >= 4 is 0 Å². The van der Waals surface area contributed by atoms with Crippen molar-refractivity contribution in [3.63, 3.8) is 0 Å². The van der Waals surface area contributed by atoms with Crippen molar-refractivity contribution in [1.29, 1.82) is 0 Å². The van der Waals surface area contributed by atoms with E-state index in [9.17, 15) is 25.5 Å². The molecular formula is C33H54O11. The van der Waals surface area contributed by atoms with E-state index in [1.165, 1.54) is 12.7 Å². The molecule has 3 aliphatic carbocycles. The lowest BCUT2D eigenvalue weighted by atomic mass is 9.68. The van der Waals surface area contributed by atoms with Crippen LogP contribution in [0.15, 0.2) is 22.8 Å². The molecule has 0 aromatic rings. The maximum Gasteiger partial charge on any atom is 0.187 e. The summed E-state index contributed by atoms with van der Waals surface area (Å²) in [7, 11) is 3.12. The number of rotatable bonds is 8. The Labute approximate surface area is 261 Å². The molecule has 2 heterocycles. The van der Waals surface area contributed by atoms with Crippen LogP contribution in [0.1, 0.15) is 60.3 Å². The van der Waals surface area contributed by atoms with Gasteiger partial charge in [-0.1, -0.05) is 39.3 Å². The Morgan fingerprint density at radius 3 is 2.41 bits per heavy atom. The van der Waals surface area contributed by atoms with Crippen LogP contribution in [0.2, 0.25) is 0 Å². The van der Waals surface area contributed by atoms with Crippen molar-refractivity contribution in [3.8, 4) is 0 Å². The highest BCUT2D eigenvalue weighted by Crippen LogP contribution is 2.56. The summed E-state index contributed by atoms with van der Waals surface area (Å²) < 4.78 is 36.2. The predicted octanol–water partition coefficient (Wildman–Crippen LogP) is 1.48. The first-order chi connectivity index (χ1) is 20.7. The van der Waals surface area contributed by atoms with Gasteiger partial charge in [-0.15, -0.1) is 0 Å². The monoisotopic (exact) mass is 626 g/mol. The number of ether oxygens (including phenoxy) is 6. The molecule has 5 rings (SSSR count). The normalized spacial score (nSPS) is 47.9. The molecule has 11 nitrogen and oxygen atoms in total. The summed E-state index contributed by atoms with van der Waals surface area (Å²) in [4.78, 5) is 0. The first kappa shape index (κ1) is 34.4. The fourth-order valence-corrected chi connectivity index (χ4v) is 8.38. The van der Waals surface area contributed by atoms with Gasteiger partial charge in [-0.25, -0.2) is 0 Å². The zero-order valence-electron chi connectivity index (χ0n) is 27.3. The van der Waals surface area contributed by atoms with Gasteiger partial charge in [0, 0.05) is 19.6 Å². The van der Waals surface area contributed by atoms with Crippen LogP contribution < -0.4 is 0 Å². The van der Waals surface area contributed by atoms with Gasteiger partial charge in [0.15, 0.2) is 6.29 Å². The van der Waals surface area contributed by atoms with Crippen molar-refractivity contribution in [2.45, 2.75) is 121 Å². The molecule has 13 atom stereocenters. The lowest BCUT2D eigenvalue weighted by Crippen LogP contribution is -2.63. The van der Waals surface area contributed by atoms with E-state index in [1.807, 2.05) is 6.92 Å². The predicted molar refractivity (Wildman–Crippen MR) is 160 cm³/mol. The van der Waals surface area contributed by atoms with Gasteiger partial charge >= 0.3 is 0 Å². The second-order valence-corrected chi connectivity index (χ2v) is 14.5. The van der Waals surface area contributed by atoms with Gasteiger partial charge in [0.1, 0.15) is 47.8 Å². The van der Waals surface area contributed by atoms with Gasteiger partial charge in [0.2, 0.25) is 0 Å². The van der Waals surface area contributed by atoms with E-state index in [0.29, 0.717) is 12.8 Å². The number of aliphatic hydroxyl groups excluding tert-OH is 4. The summed E-state index contributed by atoms with van der Waals surface area (Å²) in [5, 5.41) is 56.3. The zero-order valence-corrected chi connectivity index (χ0v) is 27.3. The standard InChI is InChI=1S/C33H54O11/c1-17(2)19-8-10-31(4)12-21-20(9-11-33(21,38)16-40-7)18(3)25(36)28(24(19)31)43-30-26(37)29-27(22(42-30)13-39-6)44-32(5,15-34)23(35)14-41-29/h12,17-18,20,22-23,25-30,34-38H,8-11,13-16H2,1-7H3/t18-,20+,22?,23+,25-,26?,27?,28?,29?,30?,31-,32-,33+/m1/s1. The van der Waals surface area contributed by atoms with E-state index in [2.05, 4.69) is 26.8 Å². The lowest BCUT2D eigenvalue weighted by Gasteiger charge is -2.48. The number of allylic oxidation sites excluding steroid dienone is 2. The first-order valence-electron chi connectivity index (χ1n) is 16.2. The minimum absolute atomic E-state index is 0.0724. The average Bonchev–Trinajstić information content (AvgIpc) is 3.43. The summed E-state index contributed by atoms with van der Waals surface area (Å²) in [6.45, 7) is 9.67. The Morgan fingerprint density at radius 1 is 1.05 bits per heavy atom. The third kappa shape index (κ3) is 5.85. The van der Waals surface area contributed by atoms with Crippen LogP contribution in [-0.4, -0.2) is 126 Å². The fraction of sp³-hybridized carbons (Fsp3) is 0.879. The second kappa shape index (κ2) is 12.9. The molecule has 5 aliphatic rings. The maximum atomic E-state index is 12.2. The fourth-order valence-electron chi connectivity index (χ4n) is 8.38. The molecule has 2 saturated heterocycles. The van der Waals surface area contributed by atoms with Crippen molar-refractivity contribution in [2.75, 3.05) is 40.6 Å². The van der Waals surface area contributed by atoms with Crippen LogP contribution in [-0.2, 0) is 28.4 Å². The molecule has 44 heavy (non-hydrogen) atoms. The van der Waals surface area contributed by atoms with E-state index < -0.39 is 72.2 Å². The van der Waals surface area contributed by atoms with E-state index in [1.54, 1.807) is 14.0 Å². The number of aliphatic hydroxyl groups is 5. The summed E-state index contributed by atoms with van der Waals surface area (Å²) in [5.41, 5.74) is 0.165. The summed E-state index contributed by atoms with van der Waals surface area (Å²) in [5.74, 6) is -0.157. The summed E-state index contributed by atoms with van der Waals surface area (Å²) in [6.07, 6.45) is -2.89. The van der Waals surface area contributed by atoms with E-state index in [4.69, 9.17) is 28.4 Å². The molecule has 6 unspecified atom stereocenters. The van der Waals surface area contributed by atoms with Gasteiger partial charge < -0.3 is 54.0 Å². The second-order valence-electron chi connectivity index (χ2n) is 14.5. The highest BCUT2D eigenvalue weighted by Gasteiger charge is 2.57. The van der Waals surface area contributed by atoms with Crippen LogP contribution in [0.5, 0.6) is 0 Å². The molecule has 0 aromatic carbocycles. The SMILES string of the molecule is COCC1OC(OC2C3=C(C(C)C)CC[C@]3(C)C=C3[C@@H](CC[C@]3(O)COC)[C@@H](C)[C@H]2O)C(O)C2OC[C@H](O)[C@@](C)(CO)OC12. The highest BCUT2D eigenvalue weighted by molar-refractivity contribution is 5.42. The van der Waals surface area contributed by atoms with E-state index >= 15 is 0 Å². The third-order valence-corrected chi connectivity index (χ3v) is 11.1. The van der Waals surface area contributed by atoms with Gasteiger partial charge in [0.25, 0.3) is 0 Å². The number of methoxy groups -OCH3 is 2. The zero-order chi connectivity index (χ0) is 32.2. The highest BCUT2D eigenvalue weighted by atomic mass is 16.7. The molecule has 1 saturated carbocycles. The Morgan fingerprint density at radius 2 is 1.77 bits per heavy atom. The number of hydrogen-bond donors (Lipinski definition) is 5. The third-order valence-electron chi connectivity index (χ3n) is 11.1.